The van der Waals surface area contributed by atoms with E-state index in [0.717, 1.165) is 0 Å². The summed E-state index contributed by atoms with van der Waals surface area (Å²) in [6.07, 6.45) is 0. The van der Waals surface area contributed by atoms with Crippen LogP contribution in [0.2, 0.25) is 0 Å². The van der Waals surface area contributed by atoms with Gasteiger partial charge in [0.15, 0.2) is 10.2 Å². The molecule has 3 atom stereocenters. The van der Waals surface area contributed by atoms with Crippen molar-refractivity contribution in [3.8, 4) is 0 Å². The van der Waals surface area contributed by atoms with Gasteiger partial charge < -0.3 is 9.84 Å². The molecular weight excluding hydrogens is 250 g/mol. The lowest BCUT2D eigenvalue weighted by Crippen LogP contribution is -2.44. The minimum atomic E-state index is -2.09. The molecule has 1 aliphatic heterocycles. The highest BCUT2D eigenvalue weighted by Gasteiger charge is 2.57. The molecule has 0 spiro atoms. The quantitative estimate of drug-likeness (QED) is 0.565. The van der Waals surface area contributed by atoms with E-state index < -0.39 is 27.3 Å². The van der Waals surface area contributed by atoms with Crippen LogP contribution in [0.4, 0.5) is 0 Å². The third-order valence-electron chi connectivity index (χ3n) is 1.45. The number of cyclic esters (lactones) is 1. The van der Waals surface area contributed by atoms with Gasteiger partial charge in [0.1, 0.15) is 5.38 Å². The van der Waals surface area contributed by atoms with Crippen molar-refractivity contribution in [2.45, 2.75) is 21.4 Å². The van der Waals surface area contributed by atoms with Crippen LogP contribution in [0.5, 0.6) is 0 Å². The Bertz CT molecular complexity index is 209. The monoisotopic (exact) mass is 252 g/mol. The van der Waals surface area contributed by atoms with Crippen LogP contribution in [0.3, 0.4) is 0 Å². The van der Waals surface area contributed by atoms with Gasteiger partial charge in [0.05, 0.1) is 0 Å². The Balaban J connectivity index is 2.89. The fraction of sp³-hybridized carbons (Fsp3) is 0.800. The summed E-state index contributed by atoms with van der Waals surface area (Å²) in [7, 11) is 0. The van der Waals surface area contributed by atoms with E-state index in [1.54, 1.807) is 0 Å². The average Bonchev–Trinajstić information content (AvgIpc) is 2.17. The molecule has 0 aromatic heterocycles. The summed E-state index contributed by atoms with van der Waals surface area (Å²) in [6.45, 7) is 0. The highest BCUT2D eigenvalue weighted by atomic mass is 35.5. The minimum absolute atomic E-state index is 0.828. The van der Waals surface area contributed by atoms with Gasteiger partial charge in [-0.1, -0.05) is 23.2 Å². The van der Waals surface area contributed by atoms with E-state index >= 15 is 0 Å². The van der Waals surface area contributed by atoms with E-state index in [-0.39, 0.29) is 0 Å². The lowest BCUT2D eigenvalue weighted by Gasteiger charge is -2.24. The van der Waals surface area contributed by atoms with Crippen molar-refractivity contribution in [2.24, 2.45) is 0 Å². The van der Waals surface area contributed by atoms with Crippen LogP contribution in [-0.2, 0) is 9.53 Å². The Hall–Kier alpha value is 0.590. The van der Waals surface area contributed by atoms with Crippen molar-refractivity contribution in [3.05, 3.63) is 0 Å². The van der Waals surface area contributed by atoms with Crippen molar-refractivity contribution >= 4 is 52.4 Å². The molecule has 3 unspecified atom stereocenters. The molecule has 0 bridgehead atoms. The number of carbonyl (C=O) groups is 1. The number of hydrogen-bond donors (Lipinski definition) is 1. The zero-order valence-electron chi connectivity index (χ0n) is 5.51. The molecule has 0 aromatic carbocycles. The third kappa shape index (κ3) is 1.49. The molecule has 1 fully saturated rings. The fourth-order valence-corrected chi connectivity index (χ4v) is 1.76. The highest BCUT2D eigenvalue weighted by molar-refractivity contribution is 6.46. The van der Waals surface area contributed by atoms with Crippen LogP contribution in [0, 0.1) is 0 Å². The number of alkyl halides is 4. The van der Waals surface area contributed by atoms with Gasteiger partial charge in [-0.15, -0.1) is 23.2 Å². The lowest BCUT2D eigenvalue weighted by molar-refractivity contribution is -0.181. The first kappa shape index (κ1) is 10.7. The molecule has 0 aliphatic carbocycles. The average molecular weight is 254 g/mol. The first-order chi connectivity index (χ1) is 5.39. The van der Waals surface area contributed by atoms with E-state index in [9.17, 15) is 9.90 Å². The van der Waals surface area contributed by atoms with E-state index in [4.69, 9.17) is 46.4 Å². The Morgan fingerprint density at radius 2 is 2.00 bits per heavy atom. The second-order valence-electron chi connectivity index (χ2n) is 2.28. The molecule has 0 radical (unpaired) electrons. The smallest absolute Gasteiger partial charge is 0.328 e. The number of carbonyl (C=O) groups excluding carboxylic acids is 1. The summed E-state index contributed by atoms with van der Waals surface area (Å²) in [4.78, 5) is 9.46. The fourth-order valence-electron chi connectivity index (χ4n) is 0.768. The first-order valence-corrected chi connectivity index (χ1v) is 4.65. The van der Waals surface area contributed by atoms with Crippen LogP contribution in [0.15, 0.2) is 0 Å². The van der Waals surface area contributed by atoms with Crippen LogP contribution in [-0.4, -0.2) is 32.5 Å². The second-order valence-corrected chi connectivity index (χ2v) is 4.31. The van der Waals surface area contributed by atoms with Crippen molar-refractivity contribution in [1.82, 2.24) is 0 Å². The third-order valence-corrected chi connectivity index (χ3v) is 3.20. The van der Waals surface area contributed by atoms with E-state index in [1.165, 1.54) is 0 Å². The Labute approximate surface area is 88.5 Å². The van der Waals surface area contributed by atoms with Gasteiger partial charge in [0, 0.05) is 0 Å². The van der Waals surface area contributed by atoms with Crippen LogP contribution < -0.4 is 0 Å². The maximum absolute atomic E-state index is 10.8. The molecule has 1 saturated heterocycles. The Morgan fingerprint density at radius 3 is 2.17 bits per heavy atom. The molecule has 3 nitrogen and oxygen atoms in total. The molecule has 7 heteroatoms. The number of halogens is 4. The number of hydrogen-bond acceptors (Lipinski definition) is 3. The lowest BCUT2D eigenvalue weighted by atomic mass is 10.2. The Kier molecular flexibility index (Phi) is 3.01. The molecule has 12 heavy (non-hydrogen) atoms. The van der Waals surface area contributed by atoms with Gasteiger partial charge in [-0.3, -0.25) is 4.79 Å². The predicted octanol–water partition coefficient (Wildman–Crippen LogP) is 1.25. The summed E-state index contributed by atoms with van der Waals surface area (Å²) < 4.78 is 4.42. The summed E-state index contributed by atoms with van der Waals surface area (Å²) in [5, 5.41) is 7.18. The minimum Gasteiger partial charge on any atom is -0.427 e. The molecule has 0 aromatic rings. The summed E-state index contributed by atoms with van der Waals surface area (Å²) in [6, 6.07) is 0. The number of ether oxygens (including phenoxy) is 1. The van der Waals surface area contributed by atoms with Crippen LogP contribution in [0.1, 0.15) is 0 Å². The van der Waals surface area contributed by atoms with Gasteiger partial charge >= 0.3 is 5.97 Å². The standard InChI is InChI=1S/C5H4Cl4O3/c6-1-2(7)5(11,4(8)9)12-3(1)10/h1-2,4,11H. The second kappa shape index (κ2) is 3.39. The van der Waals surface area contributed by atoms with Crippen molar-refractivity contribution < 1.29 is 14.6 Å². The van der Waals surface area contributed by atoms with Crippen molar-refractivity contribution in [3.63, 3.8) is 0 Å². The molecule has 0 amide bonds. The molecular formula is C5H4Cl4O3. The summed E-state index contributed by atoms with van der Waals surface area (Å²) in [5.41, 5.74) is 0. The molecule has 1 rings (SSSR count). The van der Waals surface area contributed by atoms with Crippen molar-refractivity contribution in [1.29, 1.82) is 0 Å². The predicted molar refractivity (Wildman–Crippen MR) is 45.8 cm³/mol. The van der Waals surface area contributed by atoms with E-state index in [2.05, 4.69) is 4.74 Å². The van der Waals surface area contributed by atoms with Gasteiger partial charge in [0.2, 0.25) is 0 Å². The zero-order chi connectivity index (χ0) is 9.52. The van der Waals surface area contributed by atoms with Crippen LogP contribution >= 0.6 is 46.4 Å². The first-order valence-electron chi connectivity index (χ1n) is 2.91. The summed E-state index contributed by atoms with van der Waals surface area (Å²) >= 11 is 21.7. The number of aliphatic hydroxyl groups is 1. The van der Waals surface area contributed by atoms with Crippen LogP contribution in [0.25, 0.3) is 0 Å². The van der Waals surface area contributed by atoms with E-state index in [1.807, 2.05) is 0 Å². The Morgan fingerprint density at radius 1 is 1.50 bits per heavy atom. The highest BCUT2D eigenvalue weighted by Crippen LogP contribution is 2.38. The van der Waals surface area contributed by atoms with Crippen molar-refractivity contribution in [2.75, 3.05) is 0 Å². The molecule has 70 valence electrons. The molecule has 1 heterocycles. The number of esters is 1. The maximum Gasteiger partial charge on any atom is 0.328 e. The molecule has 1 N–H and O–H groups in total. The SMILES string of the molecule is O=C1OC(O)(C(Cl)Cl)C(Cl)C1Cl. The van der Waals surface area contributed by atoms with Gasteiger partial charge in [0.25, 0.3) is 5.79 Å². The zero-order valence-corrected chi connectivity index (χ0v) is 8.53. The van der Waals surface area contributed by atoms with Gasteiger partial charge in [-0.05, 0) is 0 Å². The molecule has 1 aliphatic rings. The largest absolute Gasteiger partial charge is 0.427 e. The van der Waals surface area contributed by atoms with E-state index in [0.29, 0.717) is 0 Å². The topological polar surface area (TPSA) is 46.5 Å². The number of rotatable bonds is 1. The van der Waals surface area contributed by atoms with Gasteiger partial charge in [-0.2, -0.15) is 0 Å². The maximum atomic E-state index is 10.8. The molecule has 0 saturated carbocycles. The normalized spacial score (nSPS) is 42.0. The summed E-state index contributed by atoms with van der Waals surface area (Å²) in [5.74, 6) is -2.92. The van der Waals surface area contributed by atoms with Gasteiger partial charge in [-0.25, -0.2) is 0 Å².